The maximum atomic E-state index is 14.3. The molecule has 1 saturated heterocycles. The fraction of sp³-hybridized carbons (Fsp3) is 0.625. The first-order valence-electron chi connectivity index (χ1n) is 7.51. The second kappa shape index (κ2) is 8.32. The summed E-state index contributed by atoms with van der Waals surface area (Å²) in [7, 11) is 3.40. The highest BCUT2D eigenvalue weighted by Gasteiger charge is 2.23. The van der Waals surface area contributed by atoms with Crippen LogP contribution in [0.25, 0.3) is 0 Å². The number of hydrogen-bond acceptors (Lipinski definition) is 4. The van der Waals surface area contributed by atoms with Gasteiger partial charge < -0.3 is 19.7 Å². The molecule has 0 bridgehead atoms. The van der Waals surface area contributed by atoms with E-state index >= 15 is 0 Å². The molecule has 1 aromatic carbocycles. The molecule has 0 saturated carbocycles. The van der Waals surface area contributed by atoms with Crippen LogP contribution in [0.2, 0.25) is 0 Å². The van der Waals surface area contributed by atoms with Crippen LogP contribution in [0.4, 0.5) is 10.1 Å². The molecule has 2 rings (SSSR count). The van der Waals surface area contributed by atoms with Gasteiger partial charge in [0.15, 0.2) is 0 Å². The topological polar surface area (TPSA) is 33.7 Å². The van der Waals surface area contributed by atoms with Gasteiger partial charge in [-0.1, -0.05) is 12.1 Å². The van der Waals surface area contributed by atoms with Crippen molar-refractivity contribution in [2.75, 3.05) is 45.4 Å². The van der Waals surface area contributed by atoms with E-state index in [4.69, 9.17) is 9.47 Å². The lowest BCUT2D eigenvalue weighted by atomic mass is 10.0. The van der Waals surface area contributed by atoms with Crippen LogP contribution in [0.5, 0.6) is 0 Å². The van der Waals surface area contributed by atoms with Gasteiger partial charge in [0.1, 0.15) is 5.82 Å². The van der Waals surface area contributed by atoms with Crippen molar-refractivity contribution < 1.29 is 13.9 Å². The SMILES string of the molecule is COCCNCc1cccc(F)c1N1CCCC(OC)C1. The van der Waals surface area contributed by atoms with E-state index in [0.29, 0.717) is 18.8 Å². The third-order valence-corrected chi connectivity index (χ3v) is 3.90. The number of nitrogens with one attached hydrogen (secondary N) is 1. The van der Waals surface area contributed by atoms with Crippen molar-refractivity contribution >= 4 is 5.69 Å². The van der Waals surface area contributed by atoms with Crippen molar-refractivity contribution in [2.45, 2.75) is 25.5 Å². The molecular weight excluding hydrogens is 271 g/mol. The molecule has 1 N–H and O–H groups in total. The van der Waals surface area contributed by atoms with Crippen LogP contribution in [0, 0.1) is 5.82 Å². The van der Waals surface area contributed by atoms with Gasteiger partial charge in [0, 0.05) is 40.4 Å². The standard InChI is InChI=1S/C16H25FN2O2/c1-20-10-8-18-11-13-5-3-7-15(17)16(13)19-9-4-6-14(12-19)21-2/h3,5,7,14,18H,4,6,8-12H2,1-2H3. The monoisotopic (exact) mass is 296 g/mol. The molecule has 1 unspecified atom stereocenters. The lowest BCUT2D eigenvalue weighted by Gasteiger charge is -2.35. The molecule has 118 valence electrons. The van der Waals surface area contributed by atoms with Crippen LogP contribution in [0.15, 0.2) is 18.2 Å². The molecule has 1 aromatic rings. The van der Waals surface area contributed by atoms with Crippen molar-refractivity contribution in [1.29, 1.82) is 0 Å². The van der Waals surface area contributed by atoms with Crippen molar-refractivity contribution in [3.63, 3.8) is 0 Å². The Labute approximate surface area is 126 Å². The van der Waals surface area contributed by atoms with E-state index in [1.165, 1.54) is 6.07 Å². The molecule has 5 heteroatoms. The summed E-state index contributed by atoms with van der Waals surface area (Å²) >= 11 is 0. The van der Waals surface area contributed by atoms with Gasteiger partial charge in [-0.25, -0.2) is 4.39 Å². The number of piperidine rings is 1. The fourth-order valence-corrected chi connectivity index (χ4v) is 2.79. The molecular formula is C16H25FN2O2. The summed E-state index contributed by atoms with van der Waals surface area (Å²) in [6.45, 7) is 3.69. The van der Waals surface area contributed by atoms with Crippen molar-refractivity contribution in [3.8, 4) is 0 Å². The van der Waals surface area contributed by atoms with Crippen molar-refractivity contribution in [3.05, 3.63) is 29.6 Å². The molecule has 4 nitrogen and oxygen atoms in total. The van der Waals surface area contributed by atoms with Gasteiger partial charge in [-0.15, -0.1) is 0 Å². The molecule has 0 aliphatic carbocycles. The highest BCUT2D eigenvalue weighted by Crippen LogP contribution is 2.28. The molecule has 1 fully saturated rings. The summed E-state index contributed by atoms with van der Waals surface area (Å²) < 4.78 is 24.8. The Hall–Kier alpha value is -1.17. The number of ether oxygens (including phenoxy) is 2. The van der Waals surface area contributed by atoms with E-state index in [-0.39, 0.29) is 11.9 Å². The van der Waals surface area contributed by atoms with E-state index in [1.54, 1.807) is 20.3 Å². The van der Waals surface area contributed by atoms with E-state index in [1.807, 2.05) is 6.07 Å². The first kappa shape index (κ1) is 16.2. The van der Waals surface area contributed by atoms with Crippen molar-refractivity contribution in [1.82, 2.24) is 5.32 Å². The molecule has 1 atom stereocenters. The smallest absolute Gasteiger partial charge is 0.146 e. The van der Waals surface area contributed by atoms with E-state index in [2.05, 4.69) is 10.2 Å². The van der Waals surface area contributed by atoms with Crippen LogP contribution >= 0.6 is 0 Å². The molecule has 0 spiro atoms. The zero-order chi connectivity index (χ0) is 15.1. The first-order valence-corrected chi connectivity index (χ1v) is 7.51. The number of benzene rings is 1. The van der Waals surface area contributed by atoms with E-state index in [9.17, 15) is 4.39 Å². The number of anilines is 1. The average Bonchev–Trinajstić information content (AvgIpc) is 2.51. The Morgan fingerprint density at radius 2 is 2.24 bits per heavy atom. The Balaban J connectivity index is 2.09. The zero-order valence-electron chi connectivity index (χ0n) is 12.9. The molecule has 1 aliphatic heterocycles. The zero-order valence-corrected chi connectivity index (χ0v) is 12.9. The number of rotatable bonds is 7. The predicted molar refractivity (Wildman–Crippen MR) is 82.2 cm³/mol. The molecule has 1 aliphatic rings. The summed E-state index contributed by atoms with van der Waals surface area (Å²) in [6.07, 6.45) is 2.26. The van der Waals surface area contributed by atoms with Gasteiger partial charge in [-0.2, -0.15) is 0 Å². The Morgan fingerprint density at radius 1 is 1.38 bits per heavy atom. The third-order valence-electron chi connectivity index (χ3n) is 3.90. The second-order valence-corrected chi connectivity index (χ2v) is 5.36. The van der Waals surface area contributed by atoms with Crippen LogP contribution < -0.4 is 10.2 Å². The van der Waals surface area contributed by atoms with Crippen LogP contribution in [-0.4, -0.2) is 46.6 Å². The minimum atomic E-state index is -0.155. The minimum Gasteiger partial charge on any atom is -0.383 e. The van der Waals surface area contributed by atoms with Gasteiger partial charge in [0.2, 0.25) is 0 Å². The summed E-state index contributed by atoms with van der Waals surface area (Å²) in [5.41, 5.74) is 1.70. The highest BCUT2D eigenvalue weighted by atomic mass is 19.1. The van der Waals surface area contributed by atoms with Crippen molar-refractivity contribution in [2.24, 2.45) is 0 Å². The number of nitrogens with zero attached hydrogens (tertiary/aromatic N) is 1. The summed E-state index contributed by atoms with van der Waals surface area (Å²) in [6, 6.07) is 5.28. The molecule has 0 aromatic heterocycles. The Bertz CT molecular complexity index is 442. The second-order valence-electron chi connectivity index (χ2n) is 5.36. The van der Waals surface area contributed by atoms with Crippen LogP contribution in [-0.2, 0) is 16.0 Å². The largest absolute Gasteiger partial charge is 0.383 e. The van der Waals surface area contributed by atoms with Crippen LogP contribution in [0.1, 0.15) is 18.4 Å². The van der Waals surface area contributed by atoms with Gasteiger partial charge in [-0.05, 0) is 24.5 Å². The van der Waals surface area contributed by atoms with E-state index in [0.717, 1.165) is 38.0 Å². The fourth-order valence-electron chi connectivity index (χ4n) is 2.79. The average molecular weight is 296 g/mol. The quantitative estimate of drug-likeness (QED) is 0.782. The summed E-state index contributed by atoms with van der Waals surface area (Å²) in [5, 5.41) is 3.28. The Morgan fingerprint density at radius 3 is 3.00 bits per heavy atom. The summed E-state index contributed by atoms with van der Waals surface area (Å²) in [4.78, 5) is 2.11. The maximum Gasteiger partial charge on any atom is 0.146 e. The molecule has 0 amide bonds. The maximum absolute atomic E-state index is 14.3. The molecule has 21 heavy (non-hydrogen) atoms. The van der Waals surface area contributed by atoms with Gasteiger partial charge in [-0.3, -0.25) is 0 Å². The van der Waals surface area contributed by atoms with Gasteiger partial charge >= 0.3 is 0 Å². The number of methoxy groups -OCH3 is 2. The predicted octanol–water partition coefficient (Wildman–Crippen LogP) is 2.18. The highest BCUT2D eigenvalue weighted by molar-refractivity contribution is 5.55. The normalized spacial score (nSPS) is 19.0. The first-order chi connectivity index (χ1) is 10.3. The number of hydrogen-bond donors (Lipinski definition) is 1. The molecule has 0 radical (unpaired) electrons. The van der Waals surface area contributed by atoms with Crippen LogP contribution in [0.3, 0.4) is 0 Å². The minimum absolute atomic E-state index is 0.155. The lowest BCUT2D eigenvalue weighted by molar-refractivity contribution is 0.0891. The third kappa shape index (κ3) is 4.40. The van der Waals surface area contributed by atoms with Gasteiger partial charge in [0.05, 0.1) is 18.4 Å². The Kier molecular flexibility index (Phi) is 6.42. The number of halogens is 1. The lowest BCUT2D eigenvalue weighted by Crippen LogP contribution is -2.40. The number of para-hydroxylation sites is 1. The van der Waals surface area contributed by atoms with Gasteiger partial charge in [0.25, 0.3) is 0 Å². The van der Waals surface area contributed by atoms with E-state index < -0.39 is 0 Å². The summed E-state index contributed by atoms with van der Waals surface area (Å²) in [5.74, 6) is -0.155. The molecule has 1 heterocycles.